The number of nitrogens with zero attached hydrogens (tertiary/aromatic N) is 4. The first-order valence-electron chi connectivity index (χ1n) is 9.92. The lowest BCUT2D eigenvalue weighted by molar-refractivity contribution is -0.0175. The summed E-state index contributed by atoms with van der Waals surface area (Å²) in [6.45, 7) is 11.5. The molecule has 2 atom stereocenters. The smallest absolute Gasteiger partial charge is 0.193 e. The number of phenols is 1. The van der Waals surface area contributed by atoms with Crippen LogP contribution in [0.25, 0.3) is 0 Å². The maximum atomic E-state index is 10.1. The highest BCUT2D eigenvalue weighted by Crippen LogP contribution is 2.27. The zero-order valence-electron chi connectivity index (χ0n) is 17.2. The Labute approximate surface area is 185 Å². The Morgan fingerprint density at radius 2 is 1.96 bits per heavy atom. The van der Waals surface area contributed by atoms with E-state index >= 15 is 0 Å². The Kier molecular flexibility index (Phi) is 9.10. The number of hydrogen-bond acceptors (Lipinski definition) is 5. The monoisotopic (exact) mass is 503 g/mol. The van der Waals surface area contributed by atoms with Crippen LogP contribution in [0.1, 0.15) is 13.8 Å². The van der Waals surface area contributed by atoms with E-state index in [2.05, 4.69) is 38.9 Å². The Hall–Kier alpha value is -1.26. The van der Waals surface area contributed by atoms with Crippen molar-refractivity contribution in [2.45, 2.75) is 25.9 Å². The molecule has 0 saturated carbocycles. The molecule has 2 aliphatic heterocycles. The summed E-state index contributed by atoms with van der Waals surface area (Å²) in [6, 6.07) is 8.44. The molecule has 2 N–H and O–H groups in total. The van der Waals surface area contributed by atoms with Gasteiger partial charge in [-0.2, -0.15) is 0 Å². The molecule has 3 rings (SSSR count). The number of piperazine rings is 1. The van der Waals surface area contributed by atoms with E-state index in [1.165, 1.54) is 0 Å². The zero-order valence-corrected chi connectivity index (χ0v) is 19.5. The molecule has 2 saturated heterocycles. The molecule has 0 spiro atoms. The fraction of sp³-hybridized carbons (Fsp3) is 0.650. The minimum absolute atomic E-state index is 0. The average molecular weight is 503 g/mol. The van der Waals surface area contributed by atoms with E-state index in [4.69, 9.17) is 4.74 Å². The molecule has 0 radical (unpaired) electrons. The molecule has 2 heterocycles. The number of phenolic OH excluding ortho intramolecular Hbond substituents is 1. The van der Waals surface area contributed by atoms with Crippen molar-refractivity contribution in [2.75, 3.05) is 64.4 Å². The number of para-hydroxylation sites is 2. The number of aliphatic imine (C=N–C) groups is 1. The molecule has 0 aromatic heterocycles. The lowest BCUT2D eigenvalue weighted by Crippen LogP contribution is -2.56. The summed E-state index contributed by atoms with van der Waals surface area (Å²) in [5.74, 6) is 1.31. The minimum Gasteiger partial charge on any atom is -0.506 e. The summed E-state index contributed by atoms with van der Waals surface area (Å²) in [5.41, 5.74) is 0.912. The maximum Gasteiger partial charge on any atom is 0.193 e. The van der Waals surface area contributed by atoms with Crippen molar-refractivity contribution in [2.24, 2.45) is 4.99 Å². The van der Waals surface area contributed by atoms with Gasteiger partial charge in [0.15, 0.2) is 5.96 Å². The van der Waals surface area contributed by atoms with Crippen LogP contribution in [0.2, 0.25) is 0 Å². The van der Waals surface area contributed by atoms with Crippen molar-refractivity contribution < 1.29 is 9.84 Å². The molecule has 7 nitrogen and oxygen atoms in total. The molecule has 2 aliphatic rings. The van der Waals surface area contributed by atoms with E-state index in [1.54, 1.807) is 6.07 Å². The van der Waals surface area contributed by atoms with Crippen LogP contribution in [0.3, 0.4) is 0 Å². The average Bonchev–Trinajstić information content (AvgIpc) is 2.69. The van der Waals surface area contributed by atoms with Crippen molar-refractivity contribution in [3.63, 3.8) is 0 Å². The van der Waals surface area contributed by atoms with Gasteiger partial charge in [-0.15, -0.1) is 24.0 Å². The molecule has 158 valence electrons. The molecule has 2 unspecified atom stereocenters. The summed E-state index contributed by atoms with van der Waals surface area (Å²) in [6.07, 6.45) is 0. The fourth-order valence-electron chi connectivity index (χ4n) is 3.97. The Bertz CT molecular complexity index is 637. The van der Waals surface area contributed by atoms with Crippen LogP contribution >= 0.6 is 24.0 Å². The van der Waals surface area contributed by atoms with Crippen LogP contribution < -0.4 is 10.2 Å². The molecule has 0 bridgehead atoms. The molecule has 28 heavy (non-hydrogen) atoms. The van der Waals surface area contributed by atoms with Crippen molar-refractivity contribution in [1.82, 2.24) is 15.1 Å². The van der Waals surface area contributed by atoms with E-state index < -0.39 is 0 Å². The van der Waals surface area contributed by atoms with Crippen molar-refractivity contribution >= 4 is 35.6 Å². The minimum atomic E-state index is 0. The van der Waals surface area contributed by atoms with E-state index in [1.807, 2.05) is 25.2 Å². The van der Waals surface area contributed by atoms with Gasteiger partial charge in [0.05, 0.1) is 18.9 Å². The second kappa shape index (κ2) is 11.1. The Morgan fingerprint density at radius 3 is 2.61 bits per heavy atom. The summed E-state index contributed by atoms with van der Waals surface area (Å²) in [7, 11) is 1.85. The quantitative estimate of drug-likeness (QED) is 0.372. The van der Waals surface area contributed by atoms with E-state index in [0.717, 1.165) is 64.1 Å². The highest BCUT2D eigenvalue weighted by Gasteiger charge is 2.25. The Balaban J connectivity index is 0.00000280. The number of halogens is 1. The first-order valence-corrected chi connectivity index (χ1v) is 9.92. The highest BCUT2D eigenvalue weighted by atomic mass is 127. The van der Waals surface area contributed by atoms with E-state index in [9.17, 15) is 5.11 Å². The van der Waals surface area contributed by atoms with E-state index in [-0.39, 0.29) is 24.0 Å². The normalized spacial score (nSPS) is 22.5. The molecule has 0 aliphatic carbocycles. The van der Waals surface area contributed by atoms with Gasteiger partial charge in [-0.25, -0.2) is 0 Å². The van der Waals surface area contributed by atoms with Gasteiger partial charge in [0.25, 0.3) is 0 Å². The van der Waals surface area contributed by atoms with Crippen LogP contribution in [0.15, 0.2) is 29.3 Å². The van der Waals surface area contributed by atoms with Gasteiger partial charge >= 0.3 is 0 Å². The predicted octanol–water partition coefficient (Wildman–Crippen LogP) is 1.82. The standard InChI is InChI=1S/C20H33N5O2.HI/c1-16(25-12-13-27-15-17(25)2)14-22-20(21-3)24-10-8-23(9-11-24)18-6-4-5-7-19(18)26;/h4-7,16-17,26H,8-15H2,1-3H3,(H,21,22);1H. The third-order valence-electron chi connectivity index (χ3n) is 5.55. The SMILES string of the molecule is CN=C(NCC(C)N1CCOCC1C)N1CCN(c2ccccc2O)CC1.I. The summed E-state index contributed by atoms with van der Waals surface area (Å²) in [5, 5.41) is 13.6. The van der Waals surface area contributed by atoms with Crippen LogP contribution in [0.4, 0.5) is 5.69 Å². The third-order valence-corrected chi connectivity index (χ3v) is 5.55. The third kappa shape index (κ3) is 5.64. The number of morpholine rings is 1. The summed E-state index contributed by atoms with van der Waals surface area (Å²) < 4.78 is 5.54. The van der Waals surface area contributed by atoms with Gasteiger partial charge in [0.2, 0.25) is 0 Å². The highest BCUT2D eigenvalue weighted by molar-refractivity contribution is 14.0. The fourth-order valence-corrected chi connectivity index (χ4v) is 3.97. The number of anilines is 1. The van der Waals surface area contributed by atoms with Crippen molar-refractivity contribution in [3.8, 4) is 5.75 Å². The molecule has 0 amide bonds. The van der Waals surface area contributed by atoms with Gasteiger partial charge in [-0.05, 0) is 26.0 Å². The number of ether oxygens (including phenoxy) is 1. The second-order valence-corrected chi connectivity index (χ2v) is 7.40. The van der Waals surface area contributed by atoms with E-state index in [0.29, 0.717) is 17.8 Å². The van der Waals surface area contributed by atoms with Gasteiger partial charge in [0, 0.05) is 58.4 Å². The maximum absolute atomic E-state index is 10.1. The van der Waals surface area contributed by atoms with Crippen molar-refractivity contribution in [1.29, 1.82) is 0 Å². The first kappa shape index (κ1) is 23.0. The molecule has 1 aromatic rings. The van der Waals surface area contributed by atoms with Gasteiger partial charge < -0.3 is 25.0 Å². The van der Waals surface area contributed by atoms with Crippen LogP contribution in [0, 0.1) is 0 Å². The van der Waals surface area contributed by atoms with Gasteiger partial charge in [-0.1, -0.05) is 12.1 Å². The number of nitrogens with one attached hydrogen (secondary N) is 1. The molecule has 8 heteroatoms. The second-order valence-electron chi connectivity index (χ2n) is 7.40. The molecule has 2 fully saturated rings. The largest absolute Gasteiger partial charge is 0.506 e. The number of guanidine groups is 1. The predicted molar refractivity (Wildman–Crippen MR) is 125 cm³/mol. The number of hydrogen-bond donors (Lipinski definition) is 2. The number of rotatable bonds is 4. The number of benzene rings is 1. The first-order chi connectivity index (χ1) is 13.1. The van der Waals surface area contributed by atoms with Crippen LogP contribution in [-0.4, -0.2) is 92.5 Å². The summed E-state index contributed by atoms with van der Waals surface area (Å²) in [4.78, 5) is 11.5. The topological polar surface area (TPSA) is 63.6 Å². The molecule has 1 aromatic carbocycles. The molecular formula is C20H34IN5O2. The lowest BCUT2D eigenvalue weighted by atomic mass is 10.2. The zero-order chi connectivity index (χ0) is 19.2. The lowest BCUT2D eigenvalue weighted by Gasteiger charge is -2.40. The molecular weight excluding hydrogens is 469 g/mol. The van der Waals surface area contributed by atoms with Gasteiger partial charge in [0.1, 0.15) is 5.75 Å². The van der Waals surface area contributed by atoms with Crippen molar-refractivity contribution in [3.05, 3.63) is 24.3 Å². The van der Waals surface area contributed by atoms with Crippen LogP contribution in [0.5, 0.6) is 5.75 Å². The number of aromatic hydroxyl groups is 1. The van der Waals surface area contributed by atoms with Crippen LogP contribution in [-0.2, 0) is 4.74 Å². The Morgan fingerprint density at radius 1 is 1.25 bits per heavy atom. The van der Waals surface area contributed by atoms with Gasteiger partial charge in [-0.3, -0.25) is 9.89 Å². The summed E-state index contributed by atoms with van der Waals surface area (Å²) >= 11 is 0.